The molecule has 1 fully saturated rings. The number of furan rings is 1. The Morgan fingerprint density at radius 3 is 3.04 bits per heavy atom. The van der Waals surface area contributed by atoms with Crippen molar-refractivity contribution >= 4 is 29.3 Å². The highest BCUT2D eigenvalue weighted by atomic mass is 35.5. The molecule has 0 saturated carbocycles. The molecule has 1 aliphatic rings. The van der Waals surface area contributed by atoms with Crippen LogP contribution in [0.2, 0.25) is 0 Å². The molecule has 3 rings (SSSR count). The molecule has 2 heterocycles. The van der Waals surface area contributed by atoms with Gasteiger partial charge < -0.3 is 19.8 Å². The number of carbonyl (C=O) groups is 1. The van der Waals surface area contributed by atoms with Gasteiger partial charge in [-0.3, -0.25) is 4.79 Å². The predicted molar refractivity (Wildman–Crippen MR) is 92.3 cm³/mol. The van der Waals surface area contributed by atoms with Gasteiger partial charge >= 0.3 is 0 Å². The Labute approximate surface area is 142 Å². The fourth-order valence-corrected chi connectivity index (χ4v) is 2.99. The Bertz CT molecular complexity index is 671. The molecular formula is C17H23ClN2O3. The predicted octanol–water partition coefficient (Wildman–Crippen LogP) is 2.52. The molecule has 1 amide bonds. The number of carbonyl (C=O) groups excluding carboxylic acids is 1. The van der Waals surface area contributed by atoms with E-state index in [4.69, 9.17) is 9.15 Å². The van der Waals surface area contributed by atoms with E-state index in [1.54, 1.807) is 13.4 Å². The van der Waals surface area contributed by atoms with E-state index in [0.717, 1.165) is 41.8 Å². The van der Waals surface area contributed by atoms with Crippen LogP contribution < -0.4 is 15.4 Å². The quantitative estimate of drug-likeness (QED) is 0.899. The van der Waals surface area contributed by atoms with Gasteiger partial charge in [0.05, 0.1) is 19.8 Å². The van der Waals surface area contributed by atoms with Crippen molar-refractivity contribution in [1.82, 2.24) is 10.6 Å². The fraction of sp³-hybridized carbons (Fsp3) is 0.471. The topological polar surface area (TPSA) is 63.5 Å². The second kappa shape index (κ2) is 7.70. The molecule has 2 aromatic rings. The van der Waals surface area contributed by atoms with Crippen molar-refractivity contribution in [3.8, 4) is 5.75 Å². The van der Waals surface area contributed by atoms with Crippen LogP contribution in [0.5, 0.6) is 5.75 Å². The summed E-state index contributed by atoms with van der Waals surface area (Å²) in [7, 11) is 1.62. The van der Waals surface area contributed by atoms with Gasteiger partial charge in [-0.05, 0) is 37.6 Å². The van der Waals surface area contributed by atoms with Crippen LogP contribution in [0.15, 0.2) is 28.9 Å². The molecule has 2 unspecified atom stereocenters. The van der Waals surface area contributed by atoms with E-state index in [9.17, 15) is 4.79 Å². The fourth-order valence-electron chi connectivity index (χ4n) is 2.99. The molecule has 2 atom stereocenters. The van der Waals surface area contributed by atoms with E-state index < -0.39 is 0 Å². The van der Waals surface area contributed by atoms with Crippen LogP contribution in [0.4, 0.5) is 0 Å². The second-order valence-corrected chi connectivity index (χ2v) is 5.94. The molecule has 126 valence electrons. The van der Waals surface area contributed by atoms with E-state index in [1.807, 2.05) is 18.2 Å². The van der Waals surface area contributed by atoms with Gasteiger partial charge in [0.1, 0.15) is 11.3 Å². The monoisotopic (exact) mass is 338 g/mol. The number of amides is 1. The summed E-state index contributed by atoms with van der Waals surface area (Å²) in [6.07, 6.45) is 2.99. The maximum Gasteiger partial charge on any atom is 0.224 e. The number of ether oxygens (including phenoxy) is 1. The highest BCUT2D eigenvalue weighted by Crippen LogP contribution is 2.26. The minimum absolute atomic E-state index is 0. The Balaban J connectivity index is 0.00000192. The number of methoxy groups -OCH3 is 1. The number of rotatable bonds is 4. The molecule has 1 aliphatic heterocycles. The van der Waals surface area contributed by atoms with Crippen LogP contribution in [0, 0.1) is 5.92 Å². The average molecular weight is 339 g/mol. The summed E-state index contributed by atoms with van der Waals surface area (Å²) in [6.45, 7) is 4.08. The van der Waals surface area contributed by atoms with Crippen molar-refractivity contribution in [3.05, 3.63) is 30.0 Å². The highest BCUT2D eigenvalue weighted by molar-refractivity contribution is 5.88. The van der Waals surface area contributed by atoms with Gasteiger partial charge in [-0.25, -0.2) is 0 Å². The molecule has 0 bridgehead atoms. The van der Waals surface area contributed by atoms with E-state index in [2.05, 4.69) is 17.6 Å². The van der Waals surface area contributed by atoms with Gasteiger partial charge in [-0.2, -0.15) is 0 Å². The molecule has 1 aromatic heterocycles. The highest BCUT2D eigenvalue weighted by Gasteiger charge is 2.23. The van der Waals surface area contributed by atoms with Crippen molar-refractivity contribution < 1.29 is 13.9 Å². The first-order valence-corrected chi connectivity index (χ1v) is 7.71. The first kappa shape index (κ1) is 17.6. The maximum atomic E-state index is 12.3. The minimum Gasteiger partial charge on any atom is -0.497 e. The third-order valence-corrected chi connectivity index (χ3v) is 4.35. The summed E-state index contributed by atoms with van der Waals surface area (Å²) in [5.41, 5.74) is 1.66. The maximum absolute atomic E-state index is 12.3. The van der Waals surface area contributed by atoms with Gasteiger partial charge in [-0.1, -0.05) is 6.92 Å². The first-order chi connectivity index (χ1) is 10.7. The lowest BCUT2D eigenvalue weighted by Gasteiger charge is -2.30. The lowest BCUT2D eigenvalue weighted by Crippen LogP contribution is -2.48. The van der Waals surface area contributed by atoms with Crippen molar-refractivity contribution in [2.45, 2.75) is 25.8 Å². The molecule has 6 heteroatoms. The third kappa shape index (κ3) is 3.98. The summed E-state index contributed by atoms with van der Waals surface area (Å²) in [5.74, 6) is 1.27. The first-order valence-electron chi connectivity index (χ1n) is 7.71. The second-order valence-electron chi connectivity index (χ2n) is 5.94. The Hall–Kier alpha value is -1.72. The largest absolute Gasteiger partial charge is 0.497 e. The van der Waals surface area contributed by atoms with Crippen molar-refractivity contribution in [3.63, 3.8) is 0 Å². The summed E-state index contributed by atoms with van der Waals surface area (Å²) in [4.78, 5) is 12.3. The van der Waals surface area contributed by atoms with Gasteiger partial charge in [0.2, 0.25) is 5.91 Å². The van der Waals surface area contributed by atoms with E-state index in [-0.39, 0.29) is 24.4 Å². The lowest BCUT2D eigenvalue weighted by atomic mass is 9.95. The average Bonchev–Trinajstić information content (AvgIpc) is 2.91. The molecule has 0 aliphatic carbocycles. The van der Waals surface area contributed by atoms with E-state index >= 15 is 0 Å². The Morgan fingerprint density at radius 1 is 1.48 bits per heavy atom. The lowest BCUT2D eigenvalue weighted by molar-refractivity contribution is -0.121. The number of piperidine rings is 1. The summed E-state index contributed by atoms with van der Waals surface area (Å²) < 4.78 is 10.7. The van der Waals surface area contributed by atoms with Crippen LogP contribution in [-0.2, 0) is 11.2 Å². The van der Waals surface area contributed by atoms with Crippen LogP contribution in [0.25, 0.3) is 11.0 Å². The standard InChI is InChI=1S/C17H22N2O3.ClH/c1-11-9-18-6-5-15(11)19-17(20)7-12-10-22-16-8-13(21-2)3-4-14(12)16;/h3-4,8,10-11,15,18H,5-7,9H2,1-2H3,(H,19,20);1H. The molecule has 2 N–H and O–H groups in total. The van der Waals surface area contributed by atoms with Crippen molar-refractivity contribution in [2.24, 2.45) is 5.92 Å². The summed E-state index contributed by atoms with van der Waals surface area (Å²) >= 11 is 0. The van der Waals surface area contributed by atoms with Crippen molar-refractivity contribution in [1.29, 1.82) is 0 Å². The van der Waals surface area contributed by atoms with Gasteiger partial charge in [0.25, 0.3) is 0 Å². The van der Waals surface area contributed by atoms with Gasteiger partial charge in [0.15, 0.2) is 0 Å². The van der Waals surface area contributed by atoms with Crippen LogP contribution in [-0.4, -0.2) is 32.1 Å². The molecule has 1 aromatic carbocycles. The smallest absolute Gasteiger partial charge is 0.224 e. The van der Waals surface area contributed by atoms with Crippen LogP contribution >= 0.6 is 12.4 Å². The zero-order valence-electron chi connectivity index (χ0n) is 13.4. The number of hydrogen-bond acceptors (Lipinski definition) is 4. The number of hydrogen-bond donors (Lipinski definition) is 2. The number of benzene rings is 1. The number of halogens is 1. The van der Waals surface area contributed by atoms with Crippen molar-refractivity contribution in [2.75, 3.05) is 20.2 Å². The van der Waals surface area contributed by atoms with Crippen LogP contribution in [0.1, 0.15) is 18.9 Å². The normalized spacial score (nSPS) is 20.8. The minimum atomic E-state index is 0. The Kier molecular flexibility index (Phi) is 5.91. The molecule has 1 saturated heterocycles. The number of nitrogens with one attached hydrogen (secondary N) is 2. The zero-order chi connectivity index (χ0) is 15.5. The molecule has 5 nitrogen and oxygen atoms in total. The number of fused-ring (bicyclic) bond motifs is 1. The Morgan fingerprint density at radius 2 is 2.30 bits per heavy atom. The summed E-state index contributed by atoms with van der Waals surface area (Å²) in [5, 5.41) is 7.46. The molecular weight excluding hydrogens is 316 g/mol. The molecule has 0 spiro atoms. The van der Waals surface area contributed by atoms with Gasteiger partial charge in [-0.15, -0.1) is 12.4 Å². The molecule has 23 heavy (non-hydrogen) atoms. The SMILES string of the molecule is COc1ccc2c(CC(=O)NC3CCNCC3C)coc2c1.Cl. The third-order valence-electron chi connectivity index (χ3n) is 4.35. The molecule has 0 radical (unpaired) electrons. The van der Waals surface area contributed by atoms with Crippen LogP contribution in [0.3, 0.4) is 0 Å². The summed E-state index contributed by atoms with van der Waals surface area (Å²) in [6, 6.07) is 5.92. The zero-order valence-corrected chi connectivity index (χ0v) is 14.2. The van der Waals surface area contributed by atoms with E-state index in [1.165, 1.54) is 0 Å². The van der Waals surface area contributed by atoms with E-state index in [0.29, 0.717) is 12.3 Å². The van der Waals surface area contributed by atoms with Gasteiger partial charge in [0, 0.05) is 23.1 Å².